The summed E-state index contributed by atoms with van der Waals surface area (Å²) in [5, 5.41) is 20.1. The van der Waals surface area contributed by atoms with Gasteiger partial charge < -0.3 is 11.1 Å². The van der Waals surface area contributed by atoms with Gasteiger partial charge in [-0.2, -0.15) is 10.5 Å². The number of anilines is 1. The van der Waals surface area contributed by atoms with Gasteiger partial charge in [-0.15, -0.1) is 0 Å². The first-order chi connectivity index (χ1) is 8.49. The van der Waals surface area contributed by atoms with Crippen molar-refractivity contribution >= 4 is 11.6 Å². The highest BCUT2D eigenvalue weighted by molar-refractivity contribution is 5.94. The predicted molar refractivity (Wildman–Crippen MR) is 67.4 cm³/mol. The Hall–Kier alpha value is -2.79. The molecule has 0 atom stereocenters. The molecule has 90 valence electrons. The summed E-state index contributed by atoms with van der Waals surface area (Å²) >= 11 is 0. The lowest BCUT2D eigenvalue weighted by Crippen LogP contribution is -2.12. The third kappa shape index (κ3) is 2.87. The number of primary amides is 1. The van der Waals surface area contributed by atoms with E-state index in [0.717, 1.165) is 16.8 Å². The highest BCUT2D eigenvalue weighted by Gasteiger charge is 2.07. The SMILES string of the molecule is Cc1cc(C(N)=O)cc(C)c1NC=C(C#N)C#N. The number of amides is 1. The van der Waals surface area contributed by atoms with Crippen LogP contribution < -0.4 is 11.1 Å². The second-order valence-electron chi connectivity index (χ2n) is 3.78. The Balaban J connectivity index is 3.14. The minimum absolute atomic E-state index is 0.0206. The third-order valence-corrected chi connectivity index (χ3v) is 2.42. The summed E-state index contributed by atoms with van der Waals surface area (Å²) in [5.74, 6) is -0.488. The van der Waals surface area contributed by atoms with Crippen LogP contribution in [0, 0.1) is 36.5 Å². The zero-order valence-electron chi connectivity index (χ0n) is 10.1. The van der Waals surface area contributed by atoms with Crippen LogP contribution in [0.2, 0.25) is 0 Å². The molecule has 0 spiro atoms. The lowest BCUT2D eigenvalue weighted by molar-refractivity contribution is 0.1000. The fourth-order valence-electron chi connectivity index (χ4n) is 1.57. The second kappa shape index (κ2) is 5.51. The molecule has 0 aromatic heterocycles. The smallest absolute Gasteiger partial charge is 0.248 e. The maximum absolute atomic E-state index is 11.1. The second-order valence-corrected chi connectivity index (χ2v) is 3.78. The fraction of sp³-hybridized carbons (Fsp3) is 0.154. The minimum Gasteiger partial charge on any atom is -0.366 e. The number of carbonyl (C=O) groups is 1. The van der Waals surface area contributed by atoms with Crippen LogP contribution in [-0.2, 0) is 0 Å². The maximum Gasteiger partial charge on any atom is 0.248 e. The lowest BCUT2D eigenvalue weighted by atomic mass is 10.0. The van der Waals surface area contributed by atoms with Crippen LogP contribution in [0.3, 0.4) is 0 Å². The van der Waals surface area contributed by atoms with Gasteiger partial charge in [0.2, 0.25) is 5.91 Å². The molecule has 1 aromatic carbocycles. The van der Waals surface area contributed by atoms with Gasteiger partial charge >= 0.3 is 0 Å². The number of carbonyl (C=O) groups excluding carboxylic acids is 1. The molecule has 1 rings (SSSR count). The molecule has 0 aliphatic heterocycles. The number of allylic oxidation sites excluding steroid dienone is 1. The van der Waals surface area contributed by atoms with Gasteiger partial charge in [-0.25, -0.2) is 0 Å². The average molecular weight is 240 g/mol. The molecule has 0 saturated heterocycles. The molecular weight excluding hydrogens is 228 g/mol. The molecule has 0 heterocycles. The van der Waals surface area contributed by atoms with Crippen molar-refractivity contribution in [3.05, 3.63) is 40.6 Å². The molecule has 0 bridgehead atoms. The van der Waals surface area contributed by atoms with E-state index in [2.05, 4.69) is 5.32 Å². The molecule has 0 fully saturated rings. The van der Waals surface area contributed by atoms with Gasteiger partial charge in [-0.05, 0) is 37.1 Å². The number of nitrogens with two attached hydrogens (primary N) is 1. The molecule has 5 nitrogen and oxygen atoms in total. The van der Waals surface area contributed by atoms with E-state index in [1.54, 1.807) is 24.3 Å². The Labute approximate surface area is 105 Å². The summed E-state index contributed by atoms with van der Waals surface area (Å²) in [6.07, 6.45) is 1.33. The summed E-state index contributed by atoms with van der Waals surface area (Å²) in [7, 11) is 0. The van der Waals surface area contributed by atoms with E-state index in [1.807, 2.05) is 13.8 Å². The standard InChI is InChI=1S/C13H12N4O/c1-8-3-11(13(16)18)4-9(2)12(8)17-7-10(5-14)6-15/h3-4,7,17H,1-2H3,(H2,16,18). The van der Waals surface area contributed by atoms with Crippen LogP contribution in [0.15, 0.2) is 23.9 Å². The Kier molecular flexibility index (Phi) is 4.07. The number of nitrogens with one attached hydrogen (secondary N) is 1. The predicted octanol–water partition coefficient (Wildman–Crippen LogP) is 1.75. The normalized spacial score (nSPS) is 8.89. The van der Waals surface area contributed by atoms with Crippen molar-refractivity contribution in [1.82, 2.24) is 0 Å². The molecule has 18 heavy (non-hydrogen) atoms. The number of hydrogen-bond acceptors (Lipinski definition) is 4. The van der Waals surface area contributed by atoms with E-state index in [4.69, 9.17) is 16.3 Å². The quantitative estimate of drug-likeness (QED) is 0.785. The van der Waals surface area contributed by atoms with Crippen LogP contribution in [0.5, 0.6) is 0 Å². The fourth-order valence-corrected chi connectivity index (χ4v) is 1.57. The Bertz CT molecular complexity index is 563. The Morgan fingerprint density at radius 3 is 2.17 bits per heavy atom. The van der Waals surface area contributed by atoms with Gasteiger partial charge in [0.15, 0.2) is 0 Å². The van der Waals surface area contributed by atoms with E-state index >= 15 is 0 Å². The largest absolute Gasteiger partial charge is 0.366 e. The maximum atomic E-state index is 11.1. The number of nitrogens with zero attached hydrogens (tertiary/aromatic N) is 2. The van der Waals surface area contributed by atoms with Crippen LogP contribution in [0.1, 0.15) is 21.5 Å². The van der Waals surface area contributed by atoms with Crippen LogP contribution in [0.4, 0.5) is 5.69 Å². The summed E-state index contributed by atoms with van der Waals surface area (Å²) < 4.78 is 0. The molecular formula is C13H12N4O. The van der Waals surface area contributed by atoms with Gasteiger partial charge in [0.1, 0.15) is 17.7 Å². The van der Waals surface area contributed by atoms with Gasteiger partial charge in [0.25, 0.3) is 0 Å². The number of benzene rings is 1. The minimum atomic E-state index is -0.488. The number of aryl methyl sites for hydroxylation is 2. The first-order valence-electron chi connectivity index (χ1n) is 5.17. The highest BCUT2D eigenvalue weighted by Crippen LogP contribution is 2.22. The summed E-state index contributed by atoms with van der Waals surface area (Å²) in [4.78, 5) is 11.1. The highest BCUT2D eigenvalue weighted by atomic mass is 16.1. The average Bonchev–Trinajstić information content (AvgIpc) is 2.32. The zero-order chi connectivity index (χ0) is 13.7. The van der Waals surface area contributed by atoms with E-state index in [0.29, 0.717) is 5.56 Å². The topological polar surface area (TPSA) is 103 Å². The molecule has 0 unspecified atom stereocenters. The van der Waals surface area contributed by atoms with Gasteiger partial charge in [0.05, 0.1) is 0 Å². The Morgan fingerprint density at radius 1 is 1.28 bits per heavy atom. The van der Waals surface area contributed by atoms with Crippen molar-refractivity contribution < 1.29 is 4.79 Å². The van der Waals surface area contributed by atoms with E-state index in [-0.39, 0.29) is 5.57 Å². The van der Waals surface area contributed by atoms with Crippen molar-refractivity contribution in [3.8, 4) is 12.1 Å². The first-order valence-corrected chi connectivity index (χ1v) is 5.17. The van der Waals surface area contributed by atoms with E-state index in [1.165, 1.54) is 6.20 Å². The van der Waals surface area contributed by atoms with Gasteiger partial charge in [0, 0.05) is 17.5 Å². The summed E-state index contributed by atoms with van der Waals surface area (Å²) in [5.41, 5.74) is 8.00. The zero-order valence-corrected chi connectivity index (χ0v) is 10.1. The van der Waals surface area contributed by atoms with Crippen LogP contribution >= 0.6 is 0 Å². The van der Waals surface area contributed by atoms with Crippen molar-refractivity contribution in [2.75, 3.05) is 5.32 Å². The van der Waals surface area contributed by atoms with Crippen molar-refractivity contribution in [2.45, 2.75) is 13.8 Å². The van der Waals surface area contributed by atoms with Crippen molar-refractivity contribution in [2.24, 2.45) is 5.73 Å². The van der Waals surface area contributed by atoms with Crippen molar-refractivity contribution in [1.29, 1.82) is 10.5 Å². The van der Waals surface area contributed by atoms with E-state index in [9.17, 15) is 4.79 Å². The number of hydrogen-bond donors (Lipinski definition) is 2. The monoisotopic (exact) mass is 240 g/mol. The molecule has 0 aliphatic carbocycles. The molecule has 0 saturated carbocycles. The van der Waals surface area contributed by atoms with Crippen molar-refractivity contribution in [3.63, 3.8) is 0 Å². The molecule has 3 N–H and O–H groups in total. The Morgan fingerprint density at radius 2 is 1.78 bits per heavy atom. The first kappa shape index (κ1) is 13.3. The third-order valence-electron chi connectivity index (χ3n) is 2.42. The molecule has 1 amide bonds. The van der Waals surface area contributed by atoms with Gasteiger partial charge in [-0.3, -0.25) is 4.79 Å². The lowest BCUT2D eigenvalue weighted by Gasteiger charge is -2.11. The van der Waals surface area contributed by atoms with Crippen LogP contribution in [-0.4, -0.2) is 5.91 Å². The molecule has 1 aromatic rings. The summed E-state index contributed by atoms with van der Waals surface area (Å²) in [6, 6.07) is 6.82. The summed E-state index contributed by atoms with van der Waals surface area (Å²) in [6.45, 7) is 3.63. The number of nitriles is 2. The molecule has 0 radical (unpaired) electrons. The molecule has 0 aliphatic rings. The van der Waals surface area contributed by atoms with Gasteiger partial charge in [-0.1, -0.05) is 0 Å². The number of rotatable bonds is 3. The van der Waals surface area contributed by atoms with Crippen LogP contribution in [0.25, 0.3) is 0 Å². The molecule has 5 heteroatoms. The van der Waals surface area contributed by atoms with E-state index < -0.39 is 5.91 Å².